The zero-order valence-electron chi connectivity index (χ0n) is 15.5. The SMILES string of the molecule is Cc1ccc(-c2cc(C(=O)N3C[C@@]4(C)C[C@H]3CC(C)(C)C4)no2)cc1. The summed E-state index contributed by atoms with van der Waals surface area (Å²) in [6, 6.07) is 10.2. The van der Waals surface area contributed by atoms with E-state index in [9.17, 15) is 4.79 Å². The Labute approximate surface area is 149 Å². The van der Waals surface area contributed by atoms with Crippen LogP contribution in [0.5, 0.6) is 0 Å². The average Bonchev–Trinajstić information content (AvgIpc) is 3.09. The van der Waals surface area contributed by atoms with Crippen LogP contribution in [0.2, 0.25) is 0 Å². The molecular weight excluding hydrogens is 312 g/mol. The second-order valence-corrected chi connectivity index (χ2v) is 9.09. The van der Waals surface area contributed by atoms with E-state index in [1.54, 1.807) is 6.07 Å². The zero-order chi connectivity index (χ0) is 17.8. The summed E-state index contributed by atoms with van der Waals surface area (Å²) in [5.41, 5.74) is 3.09. The molecule has 2 fully saturated rings. The molecule has 0 spiro atoms. The number of nitrogens with zero attached hydrogens (tertiary/aromatic N) is 2. The standard InChI is InChI=1S/C21H26N2O2/c1-14-5-7-15(8-6-14)18-9-17(22-25-18)19(24)23-13-21(4)11-16(23)10-20(2,3)12-21/h5-9,16H,10-13H2,1-4H3/t16-,21+/m1/s1. The Morgan fingerprint density at radius 1 is 1.20 bits per heavy atom. The fraction of sp³-hybridized carbons (Fsp3) is 0.524. The molecule has 1 saturated carbocycles. The molecule has 4 rings (SSSR count). The van der Waals surface area contributed by atoms with Crippen molar-refractivity contribution in [2.45, 2.75) is 53.0 Å². The van der Waals surface area contributed by atoms with Gasteiger partial charge in [-0.3, -0.25) is 4.79 Å². The van der Waals surface area contributed by atoms with Gasteiger partial charge < -0.3 is 9.42 Å². The van der Waals surface area contributed by atoms with Crippen molar-refractivity contribution in [3.63, 3.8) is 0 Å². The molecule has 132 valence electrons. The van der Waals surface area contributed by atoms with Crippen molar-refractivity contribution in [3.05, 3.63) is 41.6 Å². The molecule has 1 aliphatic heterocycles. The fourth-order valence-corrected chi connectivity index (χ4v) is 5.07. The Bertz CT molecular complexity index is 806. The van der Waals surface area contributed by atoms with Crippen molar-refractivity contribution in [2.24, 2.45) is 10.8 Å². The lowest BCUT2D eigenvalue weighted by Crippen LogP contribution is -2.37. The number of carbonyl (C=O) groups is 1. The molecule has 2 aromatic rings. The minimum absolute atomic E-state index is 0.00790. The van der Waals surface area contributed by atoms with Gasteiger partial charge in [0, 0.05) is 24.2 Å². The van der Waals surface area contributed by atoms with Crippen LogP contribution < -0.4 is 0 Å². The molecule has 1 aliphatic carbocycles. The Balaban J connectivity index is 1.57. The van der Waals surface area contributed by atoms with E-state index in [0.29, 0.717) is 22.9 Å². The van der Waals surface area contributed by atoms with E-state index in [1.807, 2.05) is 36.1 Å². The lowest BCUT2D eigenvalue weighted by molar-refractivity contribution is 0.0698. The summed E-state index contributed by atoms with van der Waals surface area (Å²) in [6.07, 6.45) is 3.34. The number of aromatic nitrogens is 1. The molecule has 0 radical (unpaired) electrons. The number of amides is 1. The van der Waals surface area contributed by atoms with Crippen LogP contribution in [-0.4, -0.2) is 28.6 Å². The maximum absolute atomic E-state index is 13.0. The Hall–Kier alpha value is -2.10. The number of hydrogen-bond donors (Lipinski definition) is 0. The van der Waals surface area contributed by atoms with E-state index < -0.39 is 0 Å². The number of benzene rings is 1. The van der Waals surface area contributed by atoms with Crippen LogP contribution in [-0.2, 0) is 0 Å². The second kappa shape index (κ2) is 5.45. The molecule has 2 aliphatic rings. The van der Waals surface area contributed by atoms with Gasteiger partial charge >= 0.3 is 0 Å². The largest absolute Gasteiger partial charge is 0.355 e. The second-order valence-electron chi connectivity index (χ2n) is 9.09. The summed E-state index contributed by atoms with van der Waals surface area (Å²) in [5.74, 6) is 0.658. The lowest BCUT2D eigenvalue weighted by Gasteiger charge is -2.39. The normalized spacial score (nSPS) is 27.5. The van der Waals surface area contributed by atoms with Crippen molar-refractivity contribution >= 4 is 5.91 Å². The highest BCUT2D eigenvalue weighted by Crippen LogP contribution is 2.52. The average molecular weight is 338 g/mol. The molecule has 1 aromatic heterocycles. The number of aryl methyl sites for hydroxylation is 1. The Kier molecular flexibility index (Phi) is 3.57. The predicted octanol–water partition coefficient (Wildman–Crippen LogP) is 4.69. The van der Waals surface area contributed by atoms with Crippen LogP contribution in [0.25, 0.3) is 11.3 Å². The molecule has 0 N–H and O–H groups in total. The van der Waals surface area contributed by atoms with Gasteiger partial charge in [0.05, 0.1) is 0 Å². The summed E-state index contributed by atoms with van der Waals surface area (Å²) in [4.78, 5) is 15.1. The first-order chi connectivity index (χ1) is 11.7. The third kappa shape index (κ3) is 2.99. The van der Waals surface area contributed by atoms with Crippen LogP contribution >= 0.6 is 0 Å². The summed E-state index contributed by atoms with van der Waals surface area (Å²) in [6.45, 7) is 9.82. The van der Waals surface area contributed by atoms with Gasteiger partial charge in [-0.25, -0.2) is 0 Å². The van der Waals surface area contributed by atoms with Gasteiger partial charge in [-0.15, -0.1) is 0 Å². The van der Waals surface area contributed by atoms with Crippen molar-refractivity contribution < 1.29 is 9.32 Å². The van der Waals surface area contributed by atoms with Gasteiger partial charge in [0.1, 0.15) is 0 Å². The molecule has 2 bridgehead atoms. The van der Waals surface area contributed by atoms with Crippen LogP contribution in [0, 0.1) is 17.8 Å². The predicted molar refractivity (Wildman–Crippen MR) is 97.2 cm³/mol. The van der Waals surface area contributed by atoms with Crippen molar-refractivity contribution in [1.82, 2.24) is 10.1 Å². The van der Waals surface area contributed by atoms with Crippen molar-refractivity contribution in [1.29, 1.82) is 0 Å². The van der Waals surface area contributed by atoms with Gasteiger partial charge in [0.2, 0.25) is 0 Å². The van der Waals surface area contributed by atoms with E-state index in [0.717, 1.165) is 24.9 Å². The van der Waals surface area contributed by atoms with Crippen LogP contribution in [0.15, 0.2) is 34.9 Å². The van der Waals surface area contributed by atoms with E-state index >= 15 is 0 Å². The smallest absolute Gasteiger partial charge is 0.276 e. The van der Waals surface area contributed by atoms with Crippen LogP contribution in [0.1, 0.15) is 56.1 Å². The third-order valence-electron chi connectivity index (χ3n) is 5.74. The molecule has 2 heterocycles. The topological polar surface area (TPSA) is 46.3 Å². The maximum atomic E-state index is 13.0. The minimum Gasteiger partial charge on any atom is -0.355 e. The van der Waals surface area contributed by atoms with E-state index in [-0.39, 0.29) is 11.3 Å². The first-order valence-corrected chi connectivity index (χ1v) is 9.10. The number of hydrogen-bond acceptors (Lipinski definition) is 3. The highest BCUT2D eigenvalue weighted by Gasteiger charge is 2.51. The van der Waals surface area contributed by atoms with Gasteiger partial charge in [0.25, 0.3) is 5.91 Å². The summed E-state index contributed by atoms with van der Waals surface area (Å²) >= 11 is 0. The summed E-state index contributed by atoms with van der Waals surface area (Å²) < 4.78 is 5.45. The molecule has 1 amide bonds. The number of fused-ring (bicyclic) bond motifs is 2. The molecule has 1 saturated heterocycles. The van der Waals surface area contributed by atoms with E-state index in [2.05, 4.69) is 25.9 Å². The quantitative estimate of drug-likeness (QED) is 0.798. The molecule has 4 heteroatoms. The van der Waals surface area contributed by atoms with Gasteiger partial charge in [0.15, 0.2) is 11.5 Å². The Morgan fingerprint density at radius 3 is 2.64 bits per heavy atom. The van der Waals surface area contributed by atoms with Gasteiger partial charge in [-0.2, -0.15) is 0 Å². The van der Waals surface area contributed by atoms with E-state index in [4.69, 9.17) is 4.52 Å². The van der Waals surface area contributed by atoms with E-state index in [1.165, 1.54) is 12.0 Å². The van der Waals surface area contributed by atoms with Crippen molar-refractivity contribution in [2.75, 3.05) is 6.54 Å². The molecule has 1 aromatic carbocycles. The number of carbonyl (C=O) groups excluding carboxylic acids is 1. The molecule has 0 unspecified atom stereocenters. The van der Waals surface area contributed by atoms with Gasteiger partial charge in [-0.1, -0.05) is 55.8 Å². The summed E-state index contributed by atoms with van der Waals surface area (Å²) in [7, 11) is 0. The minimum atomic E-state index is 0.00790. The molecule has 4 nitrogen and oxygen atoms in total. The first-order valence-electron chi connectivity index (χ1n) is 9.10. The molecular formula is C21H26N2O2. The van der Waals surface area contributed by atoms with Crippen LogP contribution in [0.4, 0.5) is 0 Å². The lowest BCUT2D eigenvalue weighted by atomic mass is 9.65. The number of rotatable bonds is 2. The zero-order valence-corrected chi connectivity index (χ0v) is 15.5. The first kappa shape index (κ1) is 16.4. The Morgan fingerprint density at radius 2 is 1.92 bits per heavy atom. The van der Waals surface area contributed by atoms with Crippen LogP contribution in [0.3, 0.4) is 0 Å². The summed E-state index contributed by atoms with van der Waals surface area (Å²) in [5, 5.41) is 4.07. The molecule has 25 heavy (non-hydrogen) atoms. The third-order valence-corrected chi connectivity index (χ3v) is 5.74. The fourth-order valence-electron chi connectivity index (χ4n) is 5.07. The van der Waals surface area contributed by atoms with Crippen molar-refractivity contribution in [3.8, 4) is 11.3 Å². The highest BCUT2D eigenvalue weighted by atomic mass is 16.5. The number of likely N-dealkylation sites (tertiary alicyclic amines) is 1. The van der Waals surface area contributed by atoms with Gasteiger partial charge in [-0.05, 0) is 37.0 Å². The maximum Gasteiger partial charge on any atom is 0.276 e. The highest BCUT2D eigenvalue weighted by molar-refractivity contribution is 5.93. The monoisotopic (exact) mass is 338 g/mol. The molecule has 2 atom stereocenters.